The average molecular weight is 474 g/mol. The van der Waals surface area contributed by atoms with Crippen LogP contribution in [0, 0.1) is 6.92 Å². The van der Waals surface area contributed by atoms with Crippen molar-refractivity contribution < 1.29 is 22.7 Å². The molecule has 0 radical (unpaired) electrons. The molecule has 1 heterocycles. The highest BCUT2D eigenvalue weighted by Gasteiger charge is 2.16. The van der Waals surface area contributed by atoms with E-state index in [1.165, 1.54) is 42.5 Å². The zero-order valence-corrected chi connectivity index (χ0v) is 19.5. The maximum Gasteiger partial charge on any atom is 0.240 e. The molecule has 10 heteroatoms. The predicted octanol–water partition coefficient (Wildman–Crippen LogP) is 3.64. The molecule has 0 saturated heterocycles. The third kappa shape index (κ3) is 5.78. The molecule has 0 aliphatic rings. The van der Waals surface area contributed by atoms with Crippen molar-refractivity contribution in [3.05, 3.63) is 59.0 Å². The van der Waals surface area contributed by atoms with Crippen LogP contribution in [0.1, 0.15) is 29.3 Å². The van der Waals surface area contributed by atoms with Gasteiger partial charge in [-0.05, 0) is 38.1 Å². The van der Waals surface area contributed by atoms with Gasteiger partial charge in [0, 0.05) is 29.5 Å². The van der Waals surface area contributed by atoms with Crippen LogP contribution in [-0.2, 0) is 14.8 Å². The Hall–Kier alpha value is -3.08. The quantitative estimate of drug-likeness (QED) is 0.459. The minimum Gasteiger partial charge on any atom is -0.496 e. The Morgan fingerprint density at radius 3 is 2.50 bits per heavy atom. The minimum atomic E-state index is -3.78. The van der Waals surface area contributed by atoms with Crippen molar-refractivity contribution in [1.82, 2.24) is 9.71 Å². The number of ketones is 1. The number of aryl methyl sites for hydroxylation is 1. The van der Waals surface area contributed by atoms with E-state index in [2.05, 4.69) is 15.0 Å². The van der Waals surface area contributed by atoms with Gasteiger partial charge >= 0.3 is 0 Å². The molecule has 0 bridgehead atoms. The van der Waals surface area contributed by atoms with Crippen molar-refractivity contribution in [3.8, 4) is 17.0 Å². The van der Waals surface area contributed by atoms with Gasteiger partial charge < -0.3 is 10.1 Å². The van der Waals surface area contributed by atoms with Crippen molar-refractivity contribution in [2.75, 3.05) is 19.0 Å². The summed E-state index contributed by atoms with van der Waals surface area (Å²) in [6, 6.07) is 11.4. The average Bonchev–Trinajstić information content (AvgIpc) is 3.21. The Labute approximate surface area is 190 Å². The number of carbonyl (C=O) groups is 2. The first kappa shape index (κ1) is 23.6. The number of hydrogen-bond donors (Lipinski definition) is 2. The Morgan fingerprint density at radius 2 is 1.84 bits per heavy atom. The molecular weight excluding hydrogens is 450 g/mol. The number of benzene rings is 2. The Morgan fingerprint density at radius 1 is 1.12 bits per heavy atom. The Balaban J connectivity index is 1.57. The van der Waals surface area contributed by atoms with Gasteiger partial charge in [0.2, 0.25) is 15.9 Å². The van der Waals surface area contributed by atoms with Crippen LogP contribution in [-0.4, -0.2) is 38.7 Å². The second-order valence-electron chi connectivity index (χ2n) is 7.02. The summed E-state index contributed by atoms with van der Waals surface area (Å²) in [7, 11) is -2.20. The number of carbonyl (C=O) groups excluding carboxylic acids is 2. The number of nitrogens with one attached hydrogen (secondary N) is 2. The van der Waals surface area contributed by atoms with Gasteiger partial charge in [0.25, 0.3) is 0 Å². The molecule has 168 valence electrons. The lowest BCUT2D eigenvalue weighted by atomic mass is 10.1. The number of anilines is 1. The summed E-state index contributed by atoms with van der Waals surface area (Å²) in [5, 5.41) is 4.92. The molecule has 0 fully saturated rings. The Kier molecular flexibility index (Phi) is 7.39. The lowest BCUT2D eigenvalue weighted by Gasteiger charge is -2.08. The second kappa shape index (κ2) is 10.0. The molecule has 0 aliphatic heterocycles. The van der Waals surface area contributed by atoms with Crippen LogP contribution in [0.25, 0.3) is 11.3 Å². The predicted molar refractivity (Wildman–Crippen MR) is 124 cm³/mol. The molecule has 0 aliphatic carbocycles. The number of aromatic nitrogens is 1. The summed E-state index contributed by atoms with van der Waals surface area (Å²) in [5.74, 6) is 0.172. The molecule has 0 unspecified atom stereocenters. The first-order chi connectivity index (χ1) is 15.2. The fourth-order valence-electron chi connectivity index (χ4n) is 2.91. The molecule has 3 aromatic rings. The summed E-state index contributed by atoms with van der Waals surface area (Å²) < 4.78 is 32.5. The van der Waals surface area contributed by atoms with Gasteiger partial charge in [-0.15, -0.1) is 11.3 Å². The number of ether oxygens (including phenoxy) is 1. The molecule has 0 saturated carbocycles. The highest BCUT2D eigenvalue weighted by Crippen LogP contribution is 2.33. The van der Waals surface area contributed by atoms with E-state index in [1.807, 2.05) is 30.5 Å². The van der Waals surface area contributed by atoms with Crippen LogP contribution in [0.2, 0.25) is 0 Å². The number of rotatable bonds is 9. The minimum absolute atomic E-state index is 0.0274. The number of amides is 1. The van der Waals surface area contributed by atoms with Crippen molar-refractivity contribution >= 4 is 38.2 Å². The van der Waals surface area contributed by atoms with Gasteiger partial charge in [-0.1, -0.05) is 23.8 Å². The molecular formula is C22H23N3O5S2. The lowest BCUT2D eigenvalue weighted by Crippen LogP contribution is -2.27. The third-order valence-electron chi connectivity index (χ3n) is 4.60. The van der Waals surface area contributed by atoms with Crippen molar-refractivity contribution in [2.24, 2.45) is 0 Å². The van der Waals surface area contributed by atoms with E-state index in [0.29, 0.717) is 22.1 Å². The van der Waals surface area contributed by atoms with Gasteiger partial charge in [-0.2, -0.15) is 0 Å². The molecule has 0 spiro atoms. The smallest absolute Gasteiger partial charge is 0.240 e. The fraction of sp³-hybridized carbons (Fsp3) is 0.227. The SMILES string of the molecule is COc1ccc(C)cc1-c1csc(NC(=O)CCNS(=O)(=O)c2ccc(C(C)=O)cc2)n1. The largest absolute Gasteiger partial charge is 0.496 e. The van der Waals surface area contributed by atoms with Crippen molar-refractivity contribution in [2.45, 2.75) is 25.2 Å². The van der Waals surface area contributed by atoms with E-state index in [9.17, 15) is 18.0 Å². The zero-order valence-electron chi connectivity index (χ0n) is 17.8. The summed E-state index contributed by atoms with van der Waals surface area (Å²) >= 11 is 1.27. The van der Waals surface area contributed by atoms with Crippen LogP contribution >= 0.6 is 11.3 Å². The van der Waals surface area contributed by atoms with Crippen molar-refractivity contribution in [3.63, 3.8) is 0 Å². The van der Waals surface area contributed by atoms with Gasteiger partial charge in [0.15, 0.2) is 10.9 Å². The summed E-state index contributed by atoms with van der Waals surface area (Å²) in [6.45, 7) is 3.30. The second-order valence-corrected chi connectivity index (χ2v) is 9.64. The van der Waals surface area contributed by atoms with Gasteiger partial charge in [-0.25, -0.2) is 18.1 Å². The number of sulfonamides is 1. The van der Waals surface area contributed by atoms with Gasteiger partial charge in [0.1, 0.15) is 5.75 Å². The maximum atomic E-state index is 12.4. The summed E-state index contributed by atoms with van der Waals surface area (Å²) in [6.07, 6.45) is -0.0621. The van der Waals surface area contributed by atoms with Crippen LogP contribution < -0.4 is 14.8 Å². The summed E-state index contributed by atoms with van der Waals surface area (Å²) in [4.78, 5) is 28.0. The van der Waals surface area contributed by atoms with Crippen LogP contribution in [0.3, 0.4) is 0 Å². The molecule has 32 heavy (non-hydrogen) atoms. The molecule has 8 nitrogen and oxygen atoms in total. The summed E-state index contributed by atoms with van der Waals surface area (Å²) in [5.41, 5.74) is 2.99. The highest BCUT2D eigenvalue weighted by molar-refractivity contribution is 7.89. The molecule has 2 aromatic carbocycles. The van der Waals surface area contributed by atoms with E-state index in [-0.39, 0.29) is 29.6 Å². The molecule has 1 aromatic heterocycles. The number of thiazole rings is 1. The fourth-order valence-corrected chi connectivity index (χ4v) is 4.67. The van der Waals surface area contributed by atoms with Gasteiger partial charge in [-0.3, -0.25) is 9.59 Å². The standard InChI is InChI=1S/C22H23N3O5S2/c1-14-4-9-20(30-3)18(12-14)19-13-31-22(24-19)25-21(27)10-11-23-32(28,29)17-7-5-16(6-8-17)15(2)26/h4-9,12-13,23H,10-11H2,1-3H3,(H,24,25,27). The highest BCUT2D eigenvalue weighted by atomic mass is 32.2. The first-order valence-corrected chi connectivity index (χ1v) is 12.1. The maximum absolute atomic E-state index is 12.4. The molecule has 1 amide bonds. The molecule has 2 N–H and O–H groups in total. The first-order valence-electron chi connectivity index (χ1n) is 9.70. The van der Waals surface area contributed by atoms with E-state index >= 15 is 0 Å². The van der Waals surface area contributed by atoms with Gasteiger partial charge in [0.05, 0.1) is 17.7 Å². The normalized spacial score (nSPS) is 11.2. The topological polar surface area (TPSA) is 114 Å². The van der Waals surface area contributed by atoms with Crippen LogP contribution in [0.4, 0.5) is 5.13 Å². The number of hydrogen-bond acceptors (Lipinski definition) is 7. The third-order valence-corrected chi connectivity index (χ3v) is 6.83. The van der Waals surface area contributed by atoms with E-state index < -0.39 is 10.0 Å². The van der Waals surface area contributed by atoms with E-state index in [0.717, 1.165) is 11.1 Å². The van der Waals surface area contributed by atoms with E-state index in [1.54, 1.807) is 7.11 Å². The van der Waals surface area contributed by atoms with Crippen LogP contribution in [0.15, 0.2) is 52.7 Å². The number of nitrogens with zero attached hydrogens (tertiary/aromatic N) is 1. The molecule has 3 rings (SSSR count). The Bertz CT molecular complexity index is 1230. The number of Topliss-reactive ketones (excluding diaryl/α,β-unsaturated/α-hetero) is 1. The monoisotopic (exact) mass is 473 g/mol. The van der Waals surface area contributed by atoms with Crippen LogP contribution in [0.5, 0.6) is 5.75 Å². The zero-order chi connectivity index (χ0) is 23.3. The number of methoxy groups -OCH3 is 1. The lowest BCUT2D eigenvalue weighted by molar-refractivity contribution is -0.116. The van der Waals surface area contributed by atoms with Crippen molar-refractivity contribution in [1.29, 1.82) is 0 Å². The molecule has 0 atom stereocenters. The van der Waals surface area contributed by atoms with E-state index in [4.69, 9.17) is 4.74 Å².